The Morgan fingerprint density at radius 3 is 2.50 bits per heavy atom. The van der Waals surface area contributed by atoms with E-state index in [-0.39, 0.29) is 0 Å². The number of hydrogen-bond donors (Lipinski definition) is 1. The van der Waals surface area contributed by atoms with Gasteiger partial charge >= 0.3 is 0 Å². The molecule has 0 aliphatic carbocycles. The van der Waals surface area contributed by atoms with Crippen molar-refractivity contribution in [1.82, 2.24) is 19.7 Å². The van der Waals surface area contributed by atoms with Crippen LogP contribution in [0.2, 0.25) is 0 Å². The number of nitrogens with zero attached hydrogens (tertiary/aromatic N) is 5. The van der Waals surface area contributed by atoms with E-state index in [2.05, 4.69) is 108 Å². The van der Waals surface area contributed by atoms with Crippen molar-refractivity contribution >= 4 is 49.8 Å². The number of rotatable bonds is 6. The summed E-state index contributed by atoms with van der Waals surface area (Å²) in [6.45, 7) is 13.0. The molecular weight excluding hydrogens is 565 g/mol. The van der Waals surface area contributed by atoms with E-state index in [1.54, 1.807) is 0 Å². The number of fused-ring (bicyclic) bond motifs is 3. The highest BCUT2D eigenvalue weighted by Crippen LogP contribution is 2.36. The number of aryl methyl sites for hydroxylation is 1. The minimum absolute atomic E-state index is 0.332. The zero-order valence-corrected chi connectivity index (χ0v) is 26.7. The van der Waals surface area contributed by atoms with Crippen LogP contribution in [-0.2, 0) is 17.8 Å². The molecule has 1 aliphatic rings. The highest BCUT2D eigenvalue weighted by Gasteiger charge is 2.22. The predicted octanol–water partition coefficient (Wildman–Crippen LogP) is 8.54. The molecule has 0 bridgehead atoms. The topological polar surface area (TPSA) is 75.9 Å². The van der Waals surface area contributed by atoms with Crippen molar-refractivity contribution in [3.8, 4) is 11.1 Å². The van der Waals surface area contributed by atoms with E-state index in [1.807, 2.05) is 30.5 Å². The first-order chi connectivity index (χ1) is 21.3. The van der Waals surface area contributed by atoms with Crippen molar-refractivity contribution in [1.29, 1.82) is 0 Å². The molecule has 0 saturated heterocycles. The Morgan fingerprint density at radius 2 is 1.73 bits per heavy atom. The van der Waals surface area contributed by atoms with E-state index in [0.717, 1.165) is 41.2 Å². The first-order valence-corrected chi connectivity index (χ1v) is 16.0. The van der Waals surface area contributed by atoms with Gasteiger partial charge in [0.05, 0.1) is 27.6 Å². The van der Waals surface area contributed by atoms with Crippen molar-refractivity contribution in [2.45, 2.75) is 59.5 Å². The highest BCUT2D eigenvalue weighted by molar-refractivity contribution is 7.22. The zero-order chi connectivity index (χ0) is 30.8. The number of amides is 1. The van der Waals surface area contributed by atoms with Gasteiger partial charge in [0.2, 0.25) is 6.41 Å². The van der Waals surface area contributed by atoms with Gasteiger partial charge in [0.1, 0.15) is 5.82 Å². The van der Waals surface area contributed by atoms with Gasteiger partial charge in [-0.2, -0.15) is 5.10 Å². The Labute approximate surface area is 262 Å². The van der Waals surface area contributed by atoms with Gasteiger partial charge in [-0.3, -0.25) is 9.48 Å². The van der Waals surface area contributed by atoms with Crippen LogP contribution in [0.5, 0.6) is 0 Å². The standard InChI is InChI=1S/C28H32N4.C8H6N2OS/c1-18(2)28-23(22-10-7-11-26-24(22)16-29-32(26)19(3)4)12-13-27(30-28)31-15-14-21-9-6-8-20(5)25(21)17-31;11-5-9-8-10-6-3-1-2-4-7(6)12-8/h6-13,16,18-19H,14-15,17H2,1-5H3;1-5H,(H,9,10,11). The second-order valence-electron chi connectivity index (χ2n) is 11.8. The molecule has 0 spiro atoms. The molecule has 1 aliphatic heterocycles. The van der Waals surface area contributed by atoms with Crippen molar-refractivity contribution in [2.75, 3.05) is 16.8 Å². The van der Waals surface area contributed by atoms with Gasteiger partial charge in [-0.1, -0.05) is 67.6 Å². The zero-order valence-electron chi connectivity index (χ0n) is 25.9. The van der Waals surface area contributed by atoms with Crippen LogP contribution in [0.4, 0.5) is 10.9 Å². The molecule has 0 radical (unpaired) electrons. The monoisotopic (exact) mass is 602 g/mol. The number of carbonyl (C=O) groups excluding carboxylic acids is 1. The molecule has 7 nitrogen and oxygen atoms in total. The predicted molar refractivity (Wildman–Crippen MR) is 183 cm³/mol. The number of nitrogens with one attached hydrogen (secondary N) is 1. The third kappa shape index (κ3) is 5.82. The van der Waals surface area contributed by atoms with Crippen LogP contribution in [0.25, 0.3) is 32.2 Å². The maximum atomic E-state index is 10.1. The van der Waals surface area contributed by atoms with Crippen LogP contribution in [0.1, 0.15) is 62.0 Å². The highest BCUT2D eigenvalue weighted by atomic mass is 32.1. The van der Waals surface area contributed by atoms with E-state index in [9.17, 15) is 4.79 Å². The molecule has 44 heavy (non-hydrogen) atoms. The maximum Gasteiger partial charge on any atom is 0.213 e. The molecule has 1 amide bonds. The molecule has 1 N–H and O–H groups in total. The smallest absolute Gasteiger partial charge is 0.213 e. The summed E-state index contributed by atoms with van der Waals surface area (Å²) in [6, 6.07) is 25.7. The Balaban J connectivity index is 0.000000238. The van der Waals surface area contributed by atoms with Gasteiger partial charge in [-0.15, -0.1) is 0 Å². The largest absolute Gasteiger partial charge is 0.352 e. The summed E-state index contributed by atoms with van der Waals surface area (Å²) in [6.07, 6.45) is 3.72. The van der Waals surface area contributed by atoms with Crippen LogP contribution >= 0.6 is 11.3 Å². The van der Waals surface area contributed by atoms with Crippen LogP contribution in [-0.4, -0.2) is 32.7 Å². The molecule has 3 aromatic heterocycles. The molecule has 0 atom stereocenters. The number of pyridine rings is 1. The Kier molecular flexibility index (Phi) is 8.44. The Hall–Kier alpha value is -4.56. The first kappa shape index (κ1) is 29.5. The summed E-state index contributed by atoms with van der Waals surface area (Å²) in [7, 11) is 0. The number of aromatic nitrogens is 4. The number of benzene rings is 3. The number of thiazole rings is 1. The fourth-order valence-electron chi connectivity index (χ4n) is 5.95. The van der Waals surface area contributed by atoms with Gasteiger partial charge in [-0.05, 0) is 85.7 Å². The molecule has 0 unspecified atom stereocenters. The van der Waals surface area contributed by atoms with Gasteiger partial charge in [-0.25, -0.2) is 9.97 Å². The van der Waals surface area contributed by atoms with Gasteiger partial charge in [0, 0.05) is 30.1 Å². The molecule has 6 aromatic rings. The molecular formula is C36H38N6OS. The fraction of sp³-hybridized carbons (Fsp3) is 0.278. The lowest BCUT2D eigenvalue weighted by Crippen LogP contribution is -2.31. The summed E-state index contributed by atoms with van der Waals surface area (Å²) in [5.74, 6) is 1.41. The molecule has 4 heterocycles. The second kappa shape index (κ2) is 12.6. The van der Waals surface area contributed by atoms with E-state index >= 15 is 0 Å². The van der Waals surface area contributed by atoms with E-state index in [1.165, 1.54) is 50.1 Å². The number of hydrogen-bond acceptors (Lipinski definition) is 6. The Bertz CT molecular complexity index is 1910. The van der Waals surface area contributed by atoms with Crippen LogP contribution in [0.3, 0.4) is 0 Å². The lowest BCUT2D eigenvalue weighted by molar-refractivity contribution is -0.105. The van der Waals surface area contributed by atoms with Gasteiger partial charge in [0.25, 0.3) is 0 Å². The summed E-state index contributed by atoms with van der Waals surface area (Å²) in [4.78, 5) is 21.9. The van der Waals surface area contributed by atoms with Gasteiger partial charge in [0.15, 0.2) is 5.13 Å². The minimum Gasteiger partial charge on any atom is -0.352 e. The Morgan fingerprint density at radius 1 is 0.909 bits per heavy atom. The molecule has 224 valence electrons. The fourth-order valence-corrected chi connectivity index (χ4v) is 6.78. The molecule has 0 fully saturated rings. The average molecular weight is 603 g/mol. The first-order valence-electron chi connectivity index (χ1n) is 15.2. The van der Waals surface area contributed by atoms with Crippen molar-refractivity contribution in [3.63, 3.8) is 0 Å². The average Bonchev–Trinajstić information content (AvgIpc) is 3.66. The maximum absolute atomic E-state index is 10.1. The van der Waals surface area contributed by atoms with Crippen LogP contribution < -0.4 is 10.2 Å². The van der Waals surface area contributed by atoms with Crippen molar-refractivity contribution < 1.29 is 4.79 Å². The van der Waals surface area contributed by atoms with Crippen molar-refractivity contribution in [3.05, 3.63) is 101 Å². The quantitative estimate of drug-likeness (QED) is 0.193. The van der Waals surface area contributed by atoms with E-state index < -0.39 is 0 Å². The molecule has 3 aromatic carbocycles. The summed E-state index contributed by atoms with van der Waals surface area (Å²) in [5.41, 5.74) is 10.0. The van der Waals surface area contributed by atoms with Crippen LogP contribution in [0.15, 0.2) is 79.0 Å². The third-order valence-electron chi connectivity index (χ3n) is 8.18. The summed E-state index contributed by atoms with van der Waals surface area (Å²) in [5, 5.41) is 9.03. The molecule has 8 heteroatoms. The summed E-state index contributed by atoms with van der Waals surface area (Å²) >= 11 is 1.47. The van der Waals surface area contributed by atoms with E-state index in [0.29, 0.717) is 23.5 Å². The number of anilines is 2. The van der Waals surface area contributed by atoms with Crippen LogP contribution in [0, 0.1) is 6.92 Å². The molecule has 7 rings (SSSR count). The normalized spacial score (nSPS) is 12.8. The van der Waals surface area contributed by atoms with E-state index in [4.69, 9.17) is 4.98 Å². The third-order valence-corrected chi connectivity index (χ3v) is 9.15. The number of para-hydroxylation sites is 1. The lowest BCUT2D eigenvalue weighted by atomic mass is 9.94. The number of carbonyl (C=O) groups is 1. The minimum atomic E-state index is 0.332. The van der Waals surface area contributed by atoms with Crippen molar-refractivity contribution in [2.24, 2.45) is 0 Å². The molecule has 0 saturated carbocycles. The SMILES string of the molecule is Cc1cccc2c1CN(c1ccc(-c3cccc4c3cnn4C(C)C)c(C(C)C)n1)CC2.O=CNc1nc2ccccc2s1. The van der Waals surface area contributed by atoms with Gasteiger partial charge < -0.3 is 10.2 Å². The summed E-state index contributed by atoms with van der Waals surface area (Å²) < 4.78 is 3.19. The lowest BCUT2D eigenvalue weighted by Gasteiger charge is -2.31. The second-order valence-corrected chi connectivity index (χ2v) is 12.8.